The lowest BCUT2D eigenvalue weighted by atomic mass is 10.3. The molecule has 0 rings (SSSR count). The molecule has 0 aliphatic carbocycles. The lowest BCUT2D eigenvalue weighted by molar-refractivity contribution is -0.138. The predicted octanol–water partition coefficient (Wildman–Crippen LogP) is -0.368. The Morgan fingerprint density at radius 2 is 2.00 bits per heavy atom. The molecule has 3 N–H and O–H groups in total. The Balaban J connectivity index is 4.08. The van der Waals surface area contributed by atoms with Gasteiger partial charge in [0.1, 0.15) is 0 Å². The number of hydrogen-bond acceptors (Lipinski definition) is 4. The Morgan fingerprint density at radius 3 is 2.53 bits per heavy atom. The van der Waals surface area contributed by atoms with Crippen LogP contribution in [-0.2, 0) is 9.59 Å². The number of carbonyl (C=O) groups excluding carboxylic acids is 2. The molecule has 0 bridgehead atoms. The van der Waals surface area contributed by atoms with E-state index in [1.807, 2.05) is 6.92 Å². The average Bonchev–Trinajstić information content (AvgIpc) is 2.28. The molecule has 0 unspecified atom stereocenters. The highest BCUT2D eigenvalue weighted by atomic mass is 16.4. The summed E-state index contributed by atoms with van der Waals surface area (Å²) in [5.74, 6) is 0.576. The fourth-order valence-corrected chi connectivity index (χ4v) is 1.28. The first kappa shape index (κ1) is 16.9. The molecule has 0 spiro atoms. The smallest absolute Gasteiger partial charge is 0.321 e. The van der Waals surface area contributed by atoms with Crippen LogP contribution in [-0.4, -0.2) is 54.1 Å². The zero-order chi connectivity index (χ0) is 14.7. The molecule has 7 heteroatoms. The number of hydrogen-bond donors (Lipinski definition) is 3. The lowest BCUT2D eigenvalue weighted by Gasteiger charge is -2.16. The second kappa shape index (κ2) is 9.91. The standard InChI is InChI=1S/C12H19N3O4/c1-3-5-6-13-12(19)14-10(16)8-15(7-4-2)9-11(17)18/h2H,3,5-9H2,1H3,(H,17,18)(H2,13,14,16,19). The fourth-order valence-electron chi connectivity index (χ4n) is 1.28. The zero-order valence-corrected chi connectivity index (χ0v) is 10.9. The topological polar surface area (TPSA) is 98.7 Å². The fraction of sp³-hybridized carbons (Fsp3) is 0.583. The second-order valence-electron chi connectivity index (χ2n) is 3.90. The van der Waals surface area contributed by atoms with Gasteiger partial charge in [0.2, 0.25) is 5.91 Å². The minimum absolute atomic E-state index is 0.0250. The van der Waals surface area contributed by atoms with Crippen LogP contribution in [0.25, 0.3) is 0 Å². The van der Waals surface area contributed by atoms with Crippen molar-refractivity contribution in [3.8, 4) is 12.3 Å². The number of carboxylic acid groups (broad SMARTS) is 1. The zero-order valence-electron chi connectivity index (χ0n) is 10.9. The van der Waals surface area contributed by atoms with E-state index in [-0.39, 0.29) is 19.6 Å². The Labute approximate surface area is 112 Å². The molecule has 0 aliphatic rings. The average molecular weight is 269 g/mol. The van der Waals surface area contributed by atoms with Gasteiger partial charge in [0, 0.05) is 6.54 Å². The van der Waals surface area contributed by atoms with Crippen molar-refractivity contribution in [2.75, 3.05) is 26.2 Å². The minimum atomic E-state index is -1.09. The number of aliphatic carboxylic acids is 1. The maximum absolute atomic E-state index is 11.5. The van der Waals surface area contributed by atoms with E-state index in [9.17, 15) is 14.4 Å². The van der Waals surface area contributed by atoms with E-state index in [0.29, 0.717) is 6.54 Å². The van der Waals surface area contributed by atoms with Crippen molar-refractivity contribution in [1.29, 1.82) is 0 Å². The number of amides is 3. The molecule has 0 aliphatic heterocycles. The summed E-state index contributed by atoms with van der Waals surface area (Å²) < 4.78 is 0. The van der Waals surface area contributed by atoms with Gasteiger partial charge in [-0.25, -0.2) is 4.79 Å². The minimum Gasteiger partial charge on any atom is -0.480 e. The van der Waals surface area contributed by atoms with Crippen molar-refractivity contribution in [2.45, 2.75) is 19.8 Å². The molecule has 0 radical (unpaired) electrons. The van der Waals surface area contributed by atoms with Gasteiger partial charge in [-0.2, -0.15) is 0 Å². The highest BCUT2D eigenvalue weighted by molar-refractivity contribution is 5.95. The van der Waals surface area contributed by atoms with Crippen molar-refractivity contribution in [3.63, 3.8) is 0 Å². The van der Waals surface area contributed by atoms with E-state index in [4.69, 9.17) is 11.5 Å². The van der Waals surface area contributed by atoms with Gasteiger partial charge in [0.15, 0.2) is 0 Å². The van der Waals surface area contributed by atoms with Crippen LogP contribution in [0, 0.1) is 12.3 Å². The molecule has 0 saturated heterocycles. The van der Waals surface area contributed by atoms with Gasteiger partial charge in [-0.1, -0.05) is 19.3 Å². The Bertz CT molecular complexity index is 362. The van der Waals surface area contributed by atoms with Gasteiger partial charge in [0.05, 0.1) is 19.6 Å². The van der Waals surface area contributed by atoms with E-state index in [0.717, 1.165) is 12.8 Å². The highest BCUT2D eigenvalue weighted by Gasteiger charge is 2.14. The summed E-state index contributed by atoms with van der Waals surface area (Å²) in [6.45, 7) is 1.90. The molecular formula is C12H19N3O4. The number of urea groups is 1. The monoisotopic (exact) mass is 269 g/mol. The lowest BCUT2D eigenvalue weighted by Crippen LogP contribution is -2.45. The first-order chi connectivity index (χ1) is 8.99. The molecule has 3 amide bonds. The molecule has 0 aromatic rings. The number of nitrogens with one attached hydrogen (secondary N) is 2. The number of imide groups is 1. The maximum Gasteiger partial charge on any atom is 0.321 e. The van der Waals surface area contributed by atoms with Crippen LogP contribution in [0.1, 0.15) is 19.8 Å². The van der Waals surface area contributed by atoms with Gasteiger partial charge < -0.3 is 10.4 Å². The SMILES string of the molecule is C#CCN(CC(=O)O)CC(=O)NC(=O)NCCCC. The van der Waals surface area contributed by atoms with Crippen LogP contribution in [0.15, 0.2) is 0 Å². The van der Waals surface area contributed by atoms with Gasteiger partial charge >= 0.3 is 12.0 Å². The molecule has 0 heterocycles. The molecule has 7 nitrogen and oxygen atoms in total. The van der Waals surface area contributed by atoms with Crippen LogP contribution in [0.2, 0.25) is 0 Å². The molecule has 106 valence electrons. The Hall–Kier alpha value is -2.07. The van der Waals surface area contributed by atoms with Gasteiger partial charge in [0.25, 0.3) is 0 Å². The van der Waals surface area contributed by atoms with E-state index in [1.165, 1.54) is 4.90 Å². The van der Waals surface area contributed by atoms with Crippen molar-refractivity contribution >= 4 is 17.9 Å². The van der Waals surface area contributed by atoms with E-state index >= 15 is 0 Å². The first-order valence-electron chi connectivity index (χ1n) is 5.94. The van der Waals surface area contributed by atoms with Crippen LogP contribution < -0.4 is 10.6 Å². The molecule has 19 heavy (non-hydrogen) atoms. The van der Waals surface area contributed by atoms with Crippen LogP contribution >= 0.6 is 0 Å². The van der Waals surface area contributed by atoms with Crippen molar-refractivity contribution in [3.05, 3.63) is 0 Å². The summed E-state index contributed by atoms with van der Waals surface area (Å²) in [6.07, 6.45) is 6.82. The molecular weight excluding hydrogens is 250 g/mol. The van der Waals surface area contributed by atoms with E-state index in [1.54, 1.807) is 0 Å². The maximum atomic E-state index is 11.5. The number of carbonyl (C=O) groups is 3. The van der Waals surface area contributed by atoms with Crippen molar-refractivity contribution < 1.29 is 19.5 Å². The van der Waals surface area contributed by atoms with Gasteiger partial charge in [-0.3, -0.25) is 19.8 Å². The number of unbranched alkanes of at least 4 members (excludes halogenated alkanes) is 1. The van der Waals surface area contributed by atoms with Crippen LogP contribution in [0.4, 0.5) is 4.79 Å². The molecule has 0 atom stereocenters. The van der Waals surface area contributed by atoms with Crippen molar-refractivity contribution in [2.24, 2.45) is 0 Å². The van der Waals surface area contributed by atoms with Crippen LogP contribution in [0.5, 0.6) is 0 Å². The molecule has 0 aromatic heterocycles. The normalized spacial score (nSPS) is 9.74. The summed E-state index contributed by atoms with van der Waals surface area (Å²) in [4.78, 5) is 34.5. The number of nitrogens with zero attached hydrogens (tertiary/aromatic N) is 1. The third kappa shape index (κ3) is 9.62. The summed E-state index contributed by atoms with van der Waals surface area (Å²) in [7, 11) is 0. The van der Waals surface area contributed by atoms with Gasteiger partial charge in [-0.05, 0) is 6.42 Å². The summed E-state index contributed by atoms with van der Waals surface area (Å²) in [6, 6.07) is -0.588. The number of terminal acetylenes is 1. The summed E-state index contributed by atoms with van der Waals surface area (Å²) in [5, 5.41) is 13.3. The first-order valence-corrected chi connectivity index (χ1v) is 5.94. The van der Waals surface area contributed by atoms with Gasteiger partial charge in [-0.15, -0.1) is 6.42 Å². The Kier molecular flexibility index (Phi) is 8.83. The van der Waals surface area contributed by atoms with Crippen LogP contribution in [0.3, 0.4) is 0 Å². The second-order valence-corrected chi connectivity index (χ2v) is 3.90. The molecule has 0 fully saturated rings. The van der Waals surface area contributed by atoms with E-state index in [2.05, 4.69) is 16.6 Å². The Morgan fingerprint density at radius 1 is 1.32 bits per heavy atom. The summed E-state index contributed by atoms with van der Waals surface area (Å²) in [5.41, 5.74) is 0. The number of carboxylic acids is 1. The quantitative estimate of drug-likeness (QED) is 0.412. The summed E-state index contributed by atoms with van der Waals surface area (Å²) >= 11 is 0. The number of rotatable bonds is 8. The largest absolute Gasteiger partial charge is 0.480 e. The molecule has 0 aromatic carbocycles. The third-order valence-corrected chi connectivity index (χ3v) is 2.11. The third-order valence-electron chi connectivity index (χ3n) is 2.11. The predicted molar refractivity (Wildman–Crippen MR) is 69.4 cm³/mol. The highest BCUT2D eigenvalue weighted by Crippen LogP contribution is 1.88. The van der Waals surface area contributed by atoms with E-state index < -0.39 is 17.9 Å². The molecule has 0 saturated carbocycles. The van der Waals surface area contributed by atoms with Crippen molar-refractivity contribution in [1.82, 2.24) is 15.5 Å².